The van der Waals surface area contributed by atoms with Crippen molar-refractivity contribution < 1.29 is 4.84 Å². The van der Waals surface area contributed by atoms with Gasteiger partial charge in [-0.1, -0.05) is 60.2 Å². The van der Waals surface area contributed by atoms with Gasteiger partial charge in [-0.2, -0.15) is 0 Å². The maximum absolute atomic E-state index is 6.20. The Morgan fingerprint density at radius 1 is 0.909 bits per heavy atom. The lowest BCUT2D eigenvalue weighted by Crippen LogP contribution is -2.40. The van der Waals surface area contributed by atoms with Crippen molar-refractivity contribution >= 4 is 5.76 Å². The van der Waals surface area contributed by atoms with Gasteiger partial charge in [-0.15, -0.1) is 5.06 Å². The molecule has 0 radical (unpaired) electrons. The molecular formula is C20H23NO. The van der Waals surface area contributed by atoms with Crippen LogP contribution in [0.3, 0.4) is 0 Å². The molecule has 1 atom stereocenters. The summed E-state index contributed by atoms with van der Waals surface area (Å²) in [7, 11) is 0. The topological polar surface area (TPSA) is 12.5 Å². The first-order valence-corrected chi connectivity index (χ1v) is 7.76. The molecule has 0 N–H and O–H groups in total. The van der Waals surface area contributed by atoms with Crippen molar-refractivity contribution in [2.75, 3.05) is 0 Å². The minimum Gasteiger partial charge on any atom is -0.404 e. The molecule has 1 aliphatic heterocycles. The molecule has 1 heterocycles. The van der Waals surface area contributed by atoms with E-state index in [0.29, 0.717) is 0 Å². The van der Waals surface area contributed by atoms with Gasteiger partial charge in [-0.05, 0) is 39.3 Å². The summed E-state index contributed by atoms with van der Waals surface area (Å²) in [6.07, 6.45) is 2.21. The minimum absolute atomic E-state index is 0.0808. The molecule has 2 heteroatoms. The van der Waals surface area contributed by atoms with Crippen molar-refractivity contribution in [3.05, 3.63) is 77.4 Å². The van der Waals surface area contributed by atoms with Crippen LogP contribution < -0.4 is 0 Å². The number of hydrogen-bond donors (Lipinski definition) is 0. The zero-order valence-corrected chi connectivity index (χ0v) is 13.7. The molecule has 0 spiro atoms. The van der Waals surface area contributed by atoms with E-state index in [1.54, 1.807) is 0 Å². The molecule has 2 nitrogen and oxygen atoms in total. The third kappa shape index (κ3) is 2.93. The Morgan fingerprint density at radius 2 is 1.55 bits per heavy atom. The van der Waals surface area contributed by atoms with E-state index in [4.69, 9.17) is 4.84 Å². The van der Waals surface area contributed by atoms with Crippen LogP contribution in [0.2, 0.25) is 0 Å². The normalized spacial score (nSPS) is 18.9. The second-order valence-corrected chi connectivity index (χ2v) is 6.84. The van der Waals surface area contributed by atoms with Gasteiger partial charge in [0.2, 0.25) is 0 Å². The number of hydroxylamine groups is 2. The smallest absolute Gasteiger partial charge is 0.152 e. The molecule has 114 valence electrons. The molecule has 1 unspecified atom stereocenters. The molecule has 22 heavy (non-hydrogen) atoms. The molecule has 0 aliphatic carbocycles. The van der Waals surface area contributed by atoms with Crippen molar-refractivity contribution in [3.8, 4) is 0 Å². The average molecular weight is 293 g/mol. The van der Waals surface area contributed by atoms with Gasteiger partial charge in [0.25, 0.3) is 0 Å². The van der Waals surface area contributed by atoms with Gasteiger partial charge in [0, 0.05) is 11.1 Å². The molecule has 0 aromatic heterocycles. The zero-order valence-electron chi connectivity index (χ0n) is 13.7. The Hall–Kier alpha value is -2.06. The second kappa shape index (κ2) is 5.62. The predicted molar refractivity (Wildman–Crippen MR) is 91.0 cm³/mol. The third-order valence-corrected chi connectivity index (χ3v) is 3.90. The monoisotopic (exact) mass is 293 g/mol. The zero-order chi connectivity index (χ0) is 15.7. The number of aryl methyl sites for hydroxylation is 1. The Balaban J connectivity index is 1.99. The fourth-order valence-electron chi connectivity index (χ4n) is 2.71. The lowest BCUT2D eigenvalue weighted by Gasteiger charge is -2.35. The summed E-state index contributed by atoms with van der Waals surface area (Å²) < 4.78 is 0. The Morgan fingerprint density at radius 3 is 2.14 bits per heavy atom. The summed E-state index contributed by atoms with van der Waals surface area (Å²) in [5, 5.41) is 2.08. The number of nitrogens with zero attached hydrogens (tertiary/aromatic N) is 1. The highest BCUT2D eigenvalue weighted by atomic mass is 16.7. The van der Waals surface area contributed by atoms with Gasteiger partial charge in [-0.3, -0.25) is 0 Å². The summed E-state index contributed by atoms with van der Waals surface area (Å²) in [5.74, 6) is 0.932. The quantitative estimate of drug-likeness (QED) is 0.761. The van der Waals surface area contributed by atoms with E-state index in [1.165, 1.54) is 11.1 Å². The average Bonchev–Trinajstić information content (AvgIpc) is 2.94. The summed E-state index contributed by atoms with van der Waals surface area (Å²) in [4.78, 5) is 6.20. The molecule has 3 rings (SSSR count). The van der Waals surface area contributed by atoms with Crippen LogP contribution in [0.5, 0.6) is 0 Å². The first-order valence-electron chi connectivity index (χ1n) is 7.76. The van der Waals surface area contributed by atoms with Crippen molar-refractivity contribution in [3.63, 3.8) is 0 Å². The fraction of sp³-hybridized carbons (Fsp3) is 0.300. The first-order chi connectivity index (χ1) is 10.4. The lowest BCUT2D eigenvalue weighted by atomic mass is 9.99. The lowest BCUT2D eigenvalue weighted by molar-refractivity contribution is -0.156. The highest BCUT2D eigenvalue weighted by molar-refractivity contribution is 5.62. The molecule has 0 saturated heterocycles. The van der Waals surface area contributed by atoms with Crippen LogP contribution in [0.15, 0.2) is 60.7 Å². The van der Waals surface area contributed by atoms with Crippen molar-refractivity contribution in [2.45, 2.75) is 39.3 Å². The summed E-state index contributed by atoms with van der Waals surface area (Å²) in [6.45, 7) is 8.64. The van der Waals surface area contributed by atoms with Crippen molar-refractivity contribution in [1.29, 1.82) is 0 Å². The molecule has 0 bridgehead atoms. The van der Waals surface area contributed by atoms with Gasteiger partial charge in [0.05, 0.1) is 6.04 Å². The van der Waals surface area contributed by atoms with Gasteiger partial charge in [0.1, 0.15) is 0 Å². The maximum Gasteiger partial charge on any atom is 0.152 e. The summed E-state index contributed by atoms with van der Waals surface area (Å²) in [5.41, 5.74) is 3.57. The number of rotatable bonds is 2. The van der Waals surface area contributed by atoms with E-state index >= 15 is 0 Å². The van der Waals surface area contributed by atoms with Crippen LogP contribution >= 0.6 is 0 Å². The van der Waals surface area contributed by atoms with E-state index in [9.17, 15) is 0 Å². The standard InChI is InChI=1S/C20H23NO/c1-15-10-12-16(13-11-15)18-14-19(17-8-6-5-7-9-17)22-21(18)20(2,3)4/h5-14,18H,1-4H3. The van der Waals surface area contributed by atoms with Crippen molar-refractivity contribution in [1.82, 2.24) is 5.06 Å². The van der Waals surface area contributed by atoms with E-state index in [-0.39, 0.29) is 11.6 Å². The fourth-order valence-corrected chi connectivity index (χ4v) is 2.71. The largest absolute Gasteiger partial charge is 0.404 e. The van der Waals surface area contributed by atoms with Crippen LogP contribution in [-0.2, 0) is 4.84 Å². The molecular weight excluding hydrogens is 270 g/mol. The van der Waals surface area contributed by atoms with E-state index in [1.807, 2.05) is 18.2 Å². The predicted octanol–water partition coefficient (Wildman–Crippen LogP) is 5.12. The Labute approximate surface area is 133 Å². The number of benzene rings is 2. The third-order valence-electron chi connectivity index (χ3n) is 3.90. The first kappa shape index (κ1) is 14.9. The van der Waals surface area contributed by atoms with E-state index in [0.717, 1.165) is 11.3 Å². The highest BCUT2D eigenvalue weighted by Gasteiger charge is 2.36. The maximum atomic E-state index is 6.20. The van der Waals surface area contributed by atoms with Crippen molar-refractivity contribution in [2.24, 2.45) is 0 Å². The highest BCUT2D eigenvalue weighted by Crippen LogP contribution is 2.40. The minimum atomic E-state index is -0.0808. The molecule has 2 aromatic carbocycles. The van der Waals surface area contributed by atoms with Gasteiger partial charge >= 0.3 is 0 Å². The van der Waals surface area contributed by atoms with Gasteiger partial charge in [0.15, 0.2) is 5.76 Å². The molecule has 1 aliphatic rings. The SMILES string of the molecule is Cc1ccc(C2C=C(c3ccccc3)ON2C(C)(C)C)cc1. The van der Waals surface area contributed by atoms with Gasteiger partial charge in [-0.25, -0.2) is 0 Å². The second-order valence-electron chi connectivity index (χ2n) is 6.84. The molecule has 2 aromatic rings. The van der Waals surface area contributed by atoms with Crippen LogP contribution in [0.25, 0.3) is 5.76 Å². The van der Waals surface area contributed by atoms with Crippen LogP contribution in [0.4, 0.5) is 0 Å². The molecule has 0 saturated carbocycles. The Bertz CT molecular complexity index is 665. The van der Waals surface area contributed by atoms with Crippen LogP contribution in [0, 0.1) is 6.92 Å². The summed E-state index contributed by atoms with van der Waals surface area (Å²) in [6, 6.07) is 19.1. The van der Waals surface area contributed by atoms with E-state index in [2.05, 4.69) is 75.2 Å². The van der Waals surface area contributed by atoms with E-state index < -0.39 is 0 Å². The van der Waals surface area contributed by atoms with Gasteiger partial charge < -0.3 is 4.84 Å². The number of hydrogen-bond acceptors (Lipinski definition) is 2. The molecule has 0 amide bonds. The summed E-state index contributed by atoms with van der Waals surface area (Å²) >= 11 is 0. The van der Waals surface area contributed by atoms with Crippen LogP contribution in [-0.4, -0.2) is 10.6 Å². The molecule has 0 fully saturated rings. The van der Waals surface area contributed by atoms with Crippen LogP contribution in [0.1, 0.15) is 43.5 Å². The Kier molecular flexibility index (Phi) is 3.79.